The first kappa shape index (κ1) is 13.4. The summed E-state index contributed by atoms with van der Waals surface area (Å²) in [5.41, 5.74) is 1.03. The van der Waals surface area contributed by atoms with Gasteiger partial charge in [0.15, 0.2) is 0 Å². The van der Waals surface area contributed by atoms with E-state index in [0.717, 1.165) is 36.2 Å². The number of rotatable bonds is 4. The van der Waals surface area contributed by atoms with E-state index >= 15 is 0 Å². The molecule has 0 saturated carbocycles. The Morgan fingerprint density at radius 1 is 1.50 bits per heavy atom. The molecule has 0 spiro atoms. The highest BCUT2D eigenvalue weighted by molar-refractivity contribution is 9.09. The van der Waals surface area contributed by atoms with Crippen LogP contribution >= 0.6 is 15.9 Å². The van der Waals surface area contributed by atoms with Crippen LogP contribution in [0.2, 0.25) is 0 Å². The lowest BCUT2D eigenvalue weighted by Crippen LogP contribution is -2.38. The topological polar surface area (TPSA) is 29.5 Å². The van der Waals surface area contributed by atoms with Gasteiger partial charge in [-0.05, 0) is 19.4 Å². The van der Waals surface area contributed by atoms with E-state index in [1.165, 1.54) is 0 Å². The van der Waals surface area contributed by atoms with Crippen molar-refractivity contribution in [3.63, 3.8) is 0 Å². The molecule has 0 saturated heterocycles. The third-order valence-corrected chi connectivity index (χ3v) is 3.66. The molecule has 1 amide bonds. The Labute approximate surface area is 116 Å². The molecule has 1 unspecified atom stereocenters. The van der Waals surface area contributed by atoms with Crippen molar-refractivity contribution in [3.8, 4) is 5.75 Å². The number of hydrogen-bond donors (Lipinski definition) is 0. The van der Waals surface area contributed by atoms with Gasteiger partial charge >= 0.3 is 0 Å². The van der Waals surface area contributed by atoms with Crippen molar-refractivity contribution in [2.75, 3.05) is 25.0 Å². The minimum absolute atomic E-state index is 0.0473. The largest absolute Gasteiger partial charge is 0.493 e. The van der Waals surface area contributed by atoms with Crippen LogP contribution in [-0.4, -0.2) is 35.8 Å². The van der Waals surface area contributed by atoms with Gasteiger partial charge in [-0.25, -0.2) is 0 Å². The Morgan fingerprint density at radius 2 is 2.28 bits per heavy atom. The molecule has 0 aromatic heterocycles. The van der Waals surface area contributed by atoms with Crippen molar-refractivity contribution in [2.24, 2.45) is 0 Å². The maximum absolute atomic E-state index is 12.5. The third-order valence-electron chi connectivity index (χ3n) is 3.30. The standard InChI is InChI=1S/C14H18BrNO2/c1-2-16(9-8-15)14(17)12-7-10-18-13-6-4-3-5-11(12)13/h3-6,12H,2,7-10H2,1H3. The van der Waals surface area contributed by atoms with Gasteiger partial charge in [0, 0.05) is 24.0 Å². The number of likely N-dealkylation sites (N-methyl/N-ethyl adjacent to an activating group) is 1. The van der Waals surface area contributed by atoms with Crippen LogP contribution in [-0.2, 0) is 4.79 Å². The molecule has 1 aromatic rings. The van der Waals surface area contributed by atoms with E-state index in [0.29, 0.717) is 6.61 Å². The van der Waals surface area contributed by atoms with Crippen molar-refractivity contribution in [1.82, 2.24) is 4.90 Å². The second kappa shape index (κ2) is 6.23. The van der Waals surface area contributed by atoms with Gasteiger partial charge in [0.2, 0.25) is 5.91 Å². The van der Waals surface area contributed by atoms with Crippen LogP contribution in [0.4, 0.5) is 0 Å². The van der Waals surface area contributed by atoms with E-state index in [2.05, 4.69) is 15.9 Å². The van der Waals surface area contributed by atoms with E-state index < -0.39 is 0 Å². The molecule has 3 nitrogen and oxygen atoms in total. The number of carbonyl (C=O) groups is 1. The van der Waals surface area contributed by atoms with Gasteiger partial charge in [0.25, 0.3) is 0 Å². The molecule has 18 heavy (non-hydrogen) atoms. The molecule has 98 valence electrons. The molecule has 1 aliphatic heterocycles. The quantitative estimate of drug-likeness (QED) is 0.800. The van der Waals surface area contributed by atoms with Crippen LogP contribution in [0.15, 0.2) is 24.3 Å². The summed E-state index contributed by atoms with van der Waals surface area (Å²) in [7, 11) is 0. The number of hydrogen-bond acceptors (Lipinski definition) is 2. The number of halogens is 1. The van der Waals surface area contributed by atoms with Gasteiger partial charge in [0.1, 0.15) is 5.75 Å². The summed E-state index contributed by atoms with van der Waals surface area (Å²) in [5.74, 6) is 1.03. The molecular formula is C14H18BrNO2. The third kappa shape index (κ3) is 2.69. The first-order valence-electron chi connectivity index (χ1n) is 6.34. The van der Waals surface area contributed by atoms with Crippen molar-refractivity contribution in [3.05, 3.63) is 29.8 Å². The fourth-order valence-electron chi connectivity index (χ4n) is 2.35. The minimum Gasteiger partial charge on any atom is -0.493 e. The number of nitrogens with zero attached hydrogens (tertiary/aromatic N) is 1. The number of alkyl halides is 1. The van der Waals surface area contributed by atoms with Gasteiger partial charge in [-0.3, -0.25) is 4.79 Å². The molecule has 4 heteroatoms. The molecule has 0 aliphatic carbocycles. The lowest BCUT2D eigenvalue weighted by atomic mass is 9.92. The van der Waals surface area contributed by atoms with Crippen LogP contribution in [0, 0.1) is 0 Å². The Balaban J connectivity index is 2.21. The monoisotopic (exact) mass is 311 g/mol. The summed E-state index contributed by atoms with van der Waals surface area (Å²) < 4.78 is 5.60. The van der Waals surface area contributed by atoms with E-state index in [4.69, 9.17) is 4.74 Å². The zero-order valence-electron chi connectivity index (χ0n) is 10.6. The molecular weight excluding hydrogens is 294 g/mol. The van der Waals surface area contributed by atoms with Crippen LogP contribution in [0.5, 0.6) is 5.75 Å². The summed E-state index contributed by atoms with van der Waals surface area (Å²) in [5, 5.41) is 0.817. The maximum Gasteiger partial charge on any atom is 0.230 e. The van der Waals surface area contributed by atoms with Crippen LogP contribution in [0.1, 0.15) is 24.8 Å². The predicted molar refractivity (Wildman–Crippen MR) is 75.3 cm³/mol. The molecule has 0 bridgehead atoms. The number of para-hydroxylation sites is 1. The minimum atomic E-state index is -0.0473. The fraction of sp³-hybridized carbons (Fsp3) is 0.500. The smallest absolute Gasteiger partial charge is 0.230 e. The zero-order chi connectivity index (χ0) is 13.0. The van der Waals surface area contributed by atoms with Crippen molar-refractivity contribution >= 4 is 21.8 Å². The molecule has 1 aromatic carbocycles. The first-order chi connectivity index (χ1) is 8.77. The predicted octanol–water partition coefficient (Wildman–Crippen LogP) is 2.80. The highest BCUT2D eigenvalue weighted by atomic mass is 79.9. The van der Waals surface area contributed by atoms with E-state index in [9.17, 15) is 4.79 Å². The highest BCUT2D eigenvalue weighted by Crippen LogP contribution is 2.34. The van der Waals surface area contributed by atoms with E-state index in [1.807, 2.05) is 36.1 Å². The molecule has 1 atom stereocenters. The van der Waals surface area contributed by atoms with Gasteiger partial charge in [0.05, 0.1) is 12.5 Å². The SMILES string of the molecule is CCN(CCBr)C(=O)C1CCOc2ccccc21. The fourth-order valence-corrected chi connectivity index (χ4v) is 2.77. The summed E-state index contributed by atoms with van der Waals surface area (Å²) in [6.45, 7) is 4.16. The summed E-state index contributed by atoms with van der Waals surface area (Å²) in [6.07, 6.45) is 0.772. The van der Waals surface area contributed by atoms with Gasteiger partial charge in [-0.1, -0.05) is 34.1 Å². The van der Waals surface area contributed by atoms with Crippen molar-refractivity contribution < 1.29 is 9.53 Å². The lowest BCUT2D eigenvalue weighted by Gasteiger charge is -2.30. The van der Waals surface area contributed by atoms with E-state index in [-0.39, 0.29) is 11.8 Å². The Kier molecular flexibility index (Phi) is 4.64. The zero-order valence-corrected chi connectivity index (χ0v) is 12.1. The second-order valence-electron chi connectivity index (χ2n) is 4.33. The number of amides is 1. The Bertz CT molecular complexity index is 422. The van der Waals surface area contributed by atoms with Gasteiger partial charge < -0.3 is 9.64 Å². The summed E-state index contributed by atoms with van der Waals surface area (Å²) in [6, 6.07) is 7.85. The highest BCUT2D eigenvalue weighted by Gasteiger charge is 2.29. The van der Waals surface area contributed by atoms with Gasteiger partial charge in [-0.2, -0.15) is 0 Å². The first-order valence-corrected chi connectivity index (χ1v) is 7.46. The Hall–Kier alpha value is -1.03. The van der Waals surface area contributed by atoms with Crippen LogP contribution < -0.4 is 4.74 Å². The molecule has 0 fully saturated rings. The number of ether oxygens (including phenoxy) is 1. The maximum atomic E-state index is 12.5. The number of benzene rings is 1. The average molecular weight is 312 g/mol. The Morgan fingerprint density at radius 3 is 3.00 bits per heavy atom. The van der Waals surface area contributed by atoms with Crippen LogP contribution in [0.3, 0.4) is 0 Å². The van der Waals surface area contributed by atoms with Crippen molar-refractivity contribution in [2.45, 2.75) is 19.3 Å². The van der Waals surface area contributed by atoms with Crippen LogP contribution in [0.25, 0.3) is 0 Å². The van der Waals surface area contributed by atoms with Gasteiger partial charge in [-0.15, -0.1) is 0 Å². The number of fused-ring (bicyclic) bond motifs is 1. The molecule has 1 heterocycles. The number of carbonyl (C=O) groups excluding carboxylic acids is 1. The average Bonchev–Trinajstić information content (AvgIpc) is 2.43. The second-order valence-corrected chi connectivity index (χ2v) is 5.13. The summed E-state index contributed by atoms with van der Waals surface area (Å²) >= 11 is 3.40. The lowest BCUT2D eigenvalue weighted by molar-refractivity contribution is -0.133. The van der Waals surface area contributed by atoms with E-state index in [1.54, 1.807) is 0 Å². The molecule has 0 radical (unpaired) electrons. The molecule has 2 rings (SSSR count). The normalized spacial score (nSPS) is 17.8. The molecule has 0 N–H and O–H groups in total. The summed E-state index contributed by atoms with van der Waals surface area (Å²) in [4.78, 5) is 14.4. The molecule has 1 aliphatic rings. The van der Waals surface area contributed by atoms with Crippen molar-refractivity contribution in [1.29, 1.82) is 0 Å².